The van der Waals surface area contributed by atoms with Gasteiger partial charge in [0.05, 0.1) is 12.7 Å². The maximum absolute atomic E-state index is 12.3. The quantitative estimate of drug-likeness (QED) is 0.547. The van der Waals surface area contributed by atoms with Crippen LogP contribution in [0.5, 0.6) is 0 Å². The Morgan fingerprint density at radius 1 is 0.885 bits per heavy atom. The zero-order valence-corrected chi connectivity index (χ0v) is 14.8. The summed E-state index contributed by atoms with van der Waals surface area (Å²) in [6.45, 7) is 0. The molecule has 0 atom stereocenters. The Bertz CT molecular complexity index is 1000. The van der Waals surface area contributed by atoms with E-state index in [2.05, 4.69) is 15.4 Å². The number of amides is 1. The number of hydrogen-bond donors (Lipinski definition) is 2. The summed E-state index contributed by atoms with van der Waals surface area (Å²) in [6, 6.07) is 20.0. The van der Waals surface area contributed by atoms with Gasteiger partial charge in [-0.3, -0.25) is 10.1 Å². The molecule has 0 aliphatic rings. The van der Waals surface area contributed by atoms with Crippen molar-refractivity contribution in [1.29, 1.82) is 0 Å². The van der Waals surface area contributed by atoms with Gasteiger partial charge in [-0.25, -0.2) is 4.79 Å². The SMILES string of the molecule is COC(=O)c1cccc(C(=O)NC(=S)Nc2ccc3ccccc3c2)c1. The molecule has 6 heteroatoms. The maximum Gasteiger partial charge on any atom is 0.337 e. The minimum absolute atomic E-state index is 0.175. The van der Waals surface area contributed by atoms with E-state index in [4.69, 9.17) is 12.2 Å². The highest BCUT2D eigenvalue weighted by Gasteiger charge is 2.12. The third-order valence-electron chi connectivity index (χ3n) is 3.78. The third kappa shape index (κ3) is 4.04. The van der Waals surface area contributed by atoms with Gasteiger partial charge in [0.2, 0.25) is 0 Å². The normalized spacial score (nSPS) is 10.2. The number of carbonyl (C=O) groups excluding carboxylic acids is 2. The molecule has 0 aliphatic heterocycles. The molecule has 1 amide bonds. The lowest BCUT2D eigenvalue weighted by Crippen LogP contribution is -2.34. The van der Waals surface area contributed by atoms with Crippen molar-refractivity contribution in [3.05, 3.63) is 77.9 Å². The molecule has 2 N–H and O–H groups in total. The first-order valence-corrected chi connectivity index (χ1v) is 8.27. The van der Waals surface area contributed by atoms with Crippen molar-refractivity contribution in [3.8, 4) is 0 Å². The predicted octanol–water partition coefficient (Wildman–Crippen LogP) is 3.75. The van der Waals surface area contributed by atoms with Crippen molar-refractivity contribution in [1.82, 2.24) is 5.32 Å². The van der Waals surface area contributed by atoms with Crippen molar-refractivity contribution in [2.75, 3.05) is 12.4 Å². The van der Waals surface area contributed by atoms with E-state index in [1.54, 1.807) is 18.2 Å². The molecule has 3 aromatic rings. The Labute approximate surface area is 156 Å². The minimum atomic E-state index is -0.503. The molecular weight excluding hydrogens is 348 g/mol. The maximum atomic E-state index is 12.3. The highest BCUT2D eigenvalue weighted by Crippen LogP contribution is 2.18. The second kappa shape index (κ2) is 7.76. The first-order valence-electron chi connectivity index (χ1n) is 7.86. The van der Waals surface area contributed by atoms with Gasteiger partial charge in [0.25, 0.3) is 5.91 Å². The smallest absolute Gasteiger partial charge is 0.337 e. The van der Waals surface area contributed by atoms with E-state index in [1.165, 1.54) is 13.2 Å². The summed E-state index contributed by atoms with van der Waals surface area (Å²) in [5, 5.41) is 7.96. The van der Waals surface area contributed by atoms with Crippen LogP contribution in [-0.2, 0) is 4.74 Å². The minimum Gasteiger partial charge on any atom is -0.465 e. The molecule has 0 heterocycles. The Morgan fingerprint density at radius 3 is 2.38 bits per heavy atom. The van der Waals surface area contributed by atoms with E-state index in [1.807, 2.05) is 42.5 Å². The molecule has 0 aromatic heterocycles. The van der Waals surface area contributed by atoms with Gasteiger partial charge >= 0.3 is 5.97 Å². The average molecular weight is 364 g/mol. The second-order valence-electron chi connectivity index (χ2n) is 5.54. The zero-order valence-electron chi connectivity index (χ0n) is 14.0. The topological polar surface area (TPSA) is 67.4 Å². The molecule has 0 saturated heterocycles. The number of carbonyl (C=O) groups is 2. The van der Waals surface area contributed by atoms with Gasteiger partial charge in [0.15, 0.2) is 5.11 Å². The molecule has 0 unspecified atom stereocenters. The third-order valence-corrected chi connectivity index (χ3v) is 3.98. The fraction of sp³-hybridized carbons (Fsp3) is 0.0500. The number of anilines is 1. The Kier molecular flexibility index (Phi) is 5.24. The molecule has 26 heavy (non-hydrogen) atoms. The molecule has 0 radical (unpaired) electrons. The molecule has 0 aliphatic carbocycles. The van der Waals surface area contributed by atoms with E-state index >= 15 is 0 Å². The molecular formula is C20H16N2O3S. The molecule has 3 aromatic carbocycles. The Balaban J connectivity index is 1.69. The molecule has 0 bridgehead atoms. The Hall–Kier alpha value is -3.25. The van der Waals surface area contributed by atoms with Crippen molar-refractivity contribution in [2.24, 2.45) is 0 Å². The number of thiocarbonyl (C=S) groups is 1. The van der Waals surface area contributed by atoms with Crippen LogP contribution in [0.4, 0.5) is 5.69 Å². The summed E-state index contributed by atoms with van der Waals surface area (Å²) in [7, 11) is 1.29. The molecule has 3 rings (SSSR count). The Morgan fingerprint density at radius 2 is 1.62 bits per heavy atom. The lowest BCUT2D eigenvalue weighted by Gasteiger charge is -2.11. The number of methoxy groups -OCH3 is 1. The first kappa shape index (κ1) is 17.6. The van der Waals surface area contributed by atoms with Crippen LogP contribution in [0, 0.1) is 0 Å². The fourth-order valence-corrected chi connectivity index (χ4v) is 2.72. The van der Waals surface area contributed by atoms with Gasteiger partial charge in [-0.05, 0) is 53.3 Å². The van der Waals surface area contributed by atoms with Crippen LogP contribution in [0.25, 0.3) is 10.8 Å². The number of fused-ring (bicyclic) bond motifs is 1. The number of hydrogen-bond acceptors (Lipinski definition) is 4. The van der Waals surface area contributed by atoms with Crippen LogP contribution >= 0.6 is 12.2 Å². The number of nitrogens with one attached hydrogen (secondary N) is 2. The summed E-state index contributed by atoms with van der Waals surface area (Å²) in [4.78, 5) is 23.9. The summed E-state index contributed by atoms with van der Waals surface area (Å²) < 4.78 is 4.66. The van der Waals surface area contributed by atoms with Crippen LogP contribution < -0.4 is 10.6 Å². The number of benzene rings is 3. The monoisotopic (exact) mass is 364 g/mol. The molecule has 0 spiro atoms. The summed E-state index contributed by atoms with van der Waals surface area (Å²) in [6.07, 6.45) is 0. The van der Waals surface area contributed by atoms with E-state index in [0.717, 1.165) is 16.5 Å². The largest absolute Gasteiger partial charge is 0.465 e. The first-order chi connectivity index (χ1) is 12.6. The van der Waals surface area contributed by atoms with E-state index in [-0.39, 0.29) is 5.11 Å². The summed E-state index contributed by atoms with van der Waals surface area (Å²) >= 11 is 5.21. The lowest BCUT2D eigenvalue weighted by molar-refractivity contribution is 0.0600. The van der Waals surface area contributed by atoms with Gasteiger partial charge in [-0.1, -0.05) is 36.4 Å². The molecule has 130 valence electrons. The van der Waals surface area contributed by atoms with Crippen molar-refractivity contribution < 1.29 is 14.3 Å². The lowest BCUT2D eigenvalue weighted by atomic mass is 10.1. The average Bonchev–Trinajstić information content (AvgIpc) is 2.67. The van der Waals surface area contributed by atoms with Gasteiger partial charge in [-0.15, -0.1) is 0 Å². The highest BCUT2D eigenvalue weighted by molar-refractivity contribution is 7.80. The molecule has 5 nitrogen and oxygen atoms in total. The van der Waals surface area contributed by atoms with Crippen LogP contribution in [0.3, 0.4) is 0 Å². The van der Waals surface area contributed by atoms with Crippen molar-refractivity contribution in [3.63, 3.8) is 0 Å². The van der Waals surface area contributed by atoms with Crippen molar-refractivity contribution in [2.45, 2.75) is 0 Å². The van der Waals surface area contributed by atoms with Crippen LogP contribution in [-0.4, -0.2) is 24.1 Å². The number of ether oxygens (including phenoxy) is 1. The predicted molar refractivity (Wildman–Crippen MR) is 105 cm³/mol. The van der Waals surface area contributed by atoms with E-state index in [0.29, 0.717) is 11.1 Å². The molecule has 0 fully saturated rings. The van der Waals surface area contributed by atoms with E-state index < -0.39 is 11.9 Å². The fourth-order valence-electron chi connectivity index (χ4n) is 2.51. The van der Waals surface area contributed by atoms with Crippen molar-refractivity contribution >= 4 is 45.7 Å². The van der Waals surface area contributed by atoms with Crippen LogP contribution in [0.2, 0.25) is 0 Å². The van der Waals surface area contributed by atoms with Gasteiger partial charge in [0, 0.05) is 11.3 Å². The molecule has 0 saturated carbocycles. The van der Waals surface area contributed by atoms with Gasteiger partial charge in [-0.2, -0.15) is 0 Å². The summed E-state index contributed by atoms with van der Waals surface area (Å²) in [5.41, 5.74) is 1.39. The number of esters is 1. The summed E-state index contributed by atoms with van der Waals surface area (Å²) in [5.74, 6) is -0.912. The highest BCUT2D eigenvalue weighted by atomic mass is 32.1. The van der Waals surface area contributed by atoms with E-state index in [9.17, 15) is 9.59 Å². The second-order valence-corrected chi connectivity index (χ2v) is 5.95. The van der Waals surface area contributed by atoms with Crippen LogP contribution in [0.1, 0.15) is 20.7 Å². The van der Waals surface area contributed by atoms with Gasteiger partial charge in [0.1, 0.15) is 0 Å². The number of rotatable bonds is 3. The zero-order chi connectivity index (χ0) is 18.5. The van der Waals surface area contributed by atoms with Gasteiger partial charge < -0.3 is 10.1 Å². The standard InChI is InChI=1S/C20H16N2O3S/c1-25-19(24)16-8-4-7-15(11-16)18(23)22-20(26)21-17-10-9-13-5-2-3-6-14(13)12-17/h2-12H,1H3,(H2,21,22,23,26). The van der Waals surface area contributed by atoms with Crippen LogP contribution in [0.15, 0.2) is 66.7 Å².